The fourth-order valence-electron chi connectivity index (χ4n) is 1.66. The van der Waals surface area contributed by atoms with Crippen LogP contribution in [0.4, 0.5) is 13.2 Å². The monoisotopic (exact) mass is 369 g/mol. The molecule has 0 radical (unpaired) electrons. The molecule has 0 spiro atoms. The van der Waals surface area contributed by atoms with Crippen LogP contribution >= 0.6 is 15.9 Å². The molecule has 3 N–H and O–H groups in total. The smallest absolute Gasteiger partial charge is 0.405 e. The van der Waals surface area contributed by atoms with Crippen LogP contribution in [-0.4, -0.2) is 32.3 Å². The van der Waals surface area contributed by atoms with E-state index in [-0.39, 0.29) is 12.6 Å². The molecule has 0 saturated carbocycles. The fourth-order valence-corrected chi connectivity index (χ4v) is 2.22. The molecule has 21 heavy (non-hydrogen) atoms. The van der Waals surface area contributed by atoms with Crippen LogP contribution in [0.3, 0.4) is 0 Å². The van der Waals surface area contributed by atoms with E-state index in [1.165, 1.54) is 0 Å². The molecule has 0 aromatic heterocycles. The number of quaternary nitrogens is 1. The normalized spacial score (nSPS) is 12.9. The molecule has 0 saturated heterocycles. The SMILES string of the molecule is COc1ccc([C@@H](C)[NH2+]CC(=O)NCC(F)(F)F)cc1Br. The second-order valence-electron chi connectivity index (χ2n) is 4.51. The first-order valence-electron chi connectivity index (χ1n) is 6.23. The molecule has 0 aliphatic carbocycles. The van der Waals surface area contributed by atoms with E-state index >= 15 is 0 Å². The second-order valence-corrected chi connectivity index (χ2v) is 5.37. The molecule has 1 atom stereocenters. The first-order valence-corrected chi connectivity index (χ1v) is 7.02. The topological polar surface area (TPSA) is 54.9 Å². The van der Waals surface area contributed by atoms with Gasteiger partial charge >= 0.3 is 6.18 Å². The van der Waals surface area contributed by atoms with Crippen LogP contribution in [0, 0.1) is 0 Å². The lowest BCUT2D eigenvalue weighted by Gasteiger charge is -2.13. The summed E-state index contributed by atoms with van der Waals surface area (Å²) in [6.45, 7) is 0.494. The highest BCUT2D eigenvalue weighted by Crippen LogP contribution is 2.27. The number of hydrogen-bond acceptors (Lipinski definition) is 2. The molecule has 4 nitrogen and oxygen atoms in total. The predicted octanol–water partition coefficient (Wildman–Crippen LogP) is 1.76. The number of alkyl halides is 3. The van der Waals surface area contributed by atoms with Crippen LogP contribution < -0.4 is 15.4 Å². The van der Waals surface area contributed by atoms with Crippen molar-refractivity contribution in [1.82, 2.24) is 5.32 Å². The van der Waals surface area contributed by atoms with Crippen molar-refractivity contribution in [2.24, 2.45) is 0 Å². The Morgan fingerprint density at radius 1 is 1.48 bits per heavy atom. The van der Waals surface area contributed by atoms with Crippen LogP contribution in [0.5, 0.6) is 5.75 Å². The van der Waals surface area contributed by atoms with Gasteiger partial charge in [-0.05, 0) is 41.1 Å². The molecule has 0 aliphatic rings. The second kappa shape index (κ2) is 7.65. The number of nitrogens with one attached hydrogen (secondary N) is 1. The predicted molar refractivity (Wildman–Crippen MR) is 75.0 cm³/mol. The molecule has 1 amide bonds. The summed E-state index contributed by atoms with van der Waals surface area (Å²) in [4.78, 5) is 11.3. The lowest BCUT2D eigenvalue weighted by molar-refractivity contribution is -0.682. The van der Waals surface area contributed by atoms with E-state index in [2.05, 4.69) is 15.9 Å². The fraction of sp³-hybridized carbons (Fsp3) is 0.462. The molecule has 1 aromatic rings. The molecule has 0 unspecified atom stereocenters. The molecule has 8 heteroatoms. The third-order valence-electron chi connectivity index (χ3n) is 2.84. The largest absolute Gasteiger partial charge is 0.496 e. The Bertz CT molecular complexity index is 495. The summed E-state index contributed by atoms with van der Waals surface area (Å²) in [6, 6.07) is 5.42. The highest BCUT2D eigenvalue weighted by atomic mass is 79.9. The zero-order chi connectivity index (χ0) is 16.0. The highest BCUT2D eigenvalue weighted by Gasteiger charge is 2.28. The summed E-state index contributed by atoms with van der Waals surface area (Å²) in [5.74, 6) is 0.0422. The van der Waals surface area contributed by atoms with Crippen LogP contribution in [0.25, 0.3) is 0 Å². The number of amides is 1. The molecular weight excluding hydrogens is 353 g/mol. The molecule has 1 rings (SSSR count). The zero-order valence-electron chi connectivity index (χ0n) is 11.6. The Hall–Kier alpha value is -1.28. The van der Waals surface area contributed by atoms with Gasteiger partial charge in [-0.3, -0.25) is 4.79 Å². The average Bonchev–Trinajstić information content (AvgIpc) is 2.41. The summed E-state index contributed by atoms with van der Waals surface area (Å²) < 4.78 is 41.8. The average molecular weight is 370 g/mol. The number of halogens is 4. The van der Waals surface area contributed by atoms with Gasteiger partial charge in [0, 0.05) is 5.56 Å². The molecule has 0 aliphatic heterocycles. The van der Waals surface area contributed by atoms with Crippen molar-refractivity contribution < 1.29 is 28.0 Å². The summed E-state index contributed by atoms with van der Waals surface area (Å²) in [7, 11) is 1.56. The number of carbonyl (C=O) groups is 1. The summed E-state index contributed by atoms with van der Waals surface area (Å²) in [6.07, 6.45) is -4.39. The van der Waals surface area contributed by atoms with Crippen molar-refractivity contribution in [2.45, 2.75) is 19.1 Å². The summed E-state index contributed by atoms with van der Waals surface area (Å²) in [5, 5.41) is 3.50. The molecule has 0 fully saturated rings. The first kappa shape index (κ1) is 17.8. The van der Waals surface area contributed by atoms with Crippen molar-refractivity contribution in [3.63, 3.8) is 0 Å². The maximum absolute atomic E-state index is 12.0. The van der Waals surface area contributed by atoms with Crippen molar-refractivity contribution >= 4 is 21.8 Å². The van der Waals surface area contributed by atoms with E-state index in [0.29, 0.717) is 5.75 Å². The van der Waals surface area contributed by atoms with Gasteiger partial charge in [0.05, 0.1) is 11.6 Å². The van der Waals surface area contributed by atoms with Gasteiger partial charge < -0.3 is 15.4 Å². The van der Waals surface area contributed by atoms with Crippen LogP contribution in [0.15, 0.2) is 22.7 Å². The molecule has 118 valence electrons. The summed E-state index contributed by atoms with van der Waals surface area (Å²) in [5.41, 5.74) is 0.936. The minimum absolute atomic E-state index is 0.0659. The maximum Gasteiger partial charge on any atom is 0.405 e. The Morgan fingerprint density at radius 3 is 2.67 bits per heavy atom. The standard InChI is InChI=1S/C13H16BrF3N2O2/c1-8(9-3-4-11(21-2)10(14)5-9)18-6-12(20)19-7-13(15,16)17/h3-5,8,18H,6-7H2,1-2H3,(H,19,20)/p+1/t8-/m1/s1. The van der Waals surface area contributed by atoms with Gasteiger partial charge in [0.1, 0.15) is 18.3 Å². The van der Waals surface area contributed by atoms with Crippen molar-refractivity contribution in [3.8, 4) is 5.75 Å². The minimum atomic E-state index is -4.39. The summed E-state index contributed by atoms with van der Waals surface area (Å²) >= 11 is 3.36. The van der Waals surface area contributed by atoms with E-state index in [1.54, 1.807) is 18.5 Å². The van der Waals surface area contributed by atoms with Gasteiger partial charge in [0.2, 0.25) is 0 Å². The van der Waals surface area contributed by atoms with Gasteiger partial charge in [-0.25, -0.2) is 0 Å². The van der Waals surface area contributed by atoms with Gasteiger partial charge in [0.25, 0.3) is 5.91 Å². The molecule has 1 aromatic carbocycles. The van der Waals surface area contributed by atoms with Crippen molar-refractivity contribution in [3.05, 3.63) is 28.2 Å². The Kier molecular flexibility index (Phi) is 6.47. The van der Waals surface area contributed by atoms with E-state index in [4.69, 9.17) is 4.74 Å². The quantitative estimate of drug-likeness (QED) is 0.802. The third-order valence-corrected chi connectivity index (χ3v) is 3.46. The van der Waals surface area contributed by atoms with Gasteiger partial charge in [0.15, 0.2) is 6.54 Å². The third kappa shape index (κ3) is 6.34. The number of nitrogens with two attached hydrogens (primary N) is 1. The van der Waals surface area contributed by atoms with Crippen LogP contribution in [0.1, 0.15) is 18.5 Å². The first-order chi connectivity index (χ1) is 9.73. The van der Waals surface area contributed by atoms with E-state index in [1.807, 2.05) is 24.4 Å². The van der Waals surface area contributed by atoms with Gasteiger partial charge in [-0.1, -0.05) is 0 Å². The van der Waals surface area contributed by atoms with E-state index in [9.17, 15) is 18.0 Å². The number of hydrogen-bond donors (Lipinski definition) is 2. The maximum atomic E-state index is 12.0. The lowest BCUT2D eigenvalue weighted by Crippen LogP contribution is -2.87. The van der Waals surface area contributed by atoms with Crippen LogP contribution in [0.2, 0.25) is 0 Å². The lowest BCUT2D eigenvalue weighted by atomic mass is 10.1. The molecular formula is C13H17BrF3N2O2+. The van der Waals surface area contributed by atoms with E-state index < -0.39 is 18.6 Å². The minimum Gasteiger partial charge on any atom is -0.496 e. The Balaban J connectivity index is 2.48. The van der Waals surface area contributed by atoms with E-state index in [0.717, 1.165) is 10.0 Å². The highest BCUT2D eigenvalue weighted by molar-refractivity contribution is 9.10. The Morgan fingerprint density at radius 2 is 2.14 bits per heavy atom. The van der Waals surface area contributed by atoms with Gasteiger partial charge in [-0.15, -0.1) is 0 Å². The number of rotatable bonds is 6. The van der Waals surface area contributed by atoms with Gasteiger partial charge in [-0.2, -0.15) is 13.2 Å². The van der Waals surface area contributed by atoms with Crippen molar-refractivity contribution in [2.75, 3.05) is 20.2 Å². The number of ether oxygens (including phenoxy) is 1. The Labute approximate surface area is 129 Å². The number of benzene rings is 1. The number of methoxy groups -OCH3 is 1. The van der Waals surface area contributed by atoms with Crippen LogP contribution in [-0.2, 0) is 4.79 Å². The molecule has 0 bridgehead atoms. The number of carbonyl (C=O) groups excluding carboxylic acids is 1. The zero-order valence-corrected chi connectivity index (χ0v) is 13.2. The van der Waals surface area contributed by atoms with Crippen molar-refractivity contribution in [1.29, 1.82) is 0 Å². The molecule has 0 heterocycles.